The fraction of sp³-hybridized carbons (Fsp3) is 0.316. The summed E-state index contributed by atoms with van der Waals surface area (Å²) < 4.78 is 31.9. The third-order valence-corrected chi connectivity index (χ3v) is 7.29. The molecule has 9 nitrogen and oxygen atoms in total. The average Bonchev–Trinajstić information content (AvgIpc) is 3.15. The first-order chi connectivity index (χ1) is 14.1. The van der Waals surface area contributed by atoms with Gasteiger partial charge >= 0.3 is 5.97 Å². The second-order valence-corrected chi connectivity index (χ2v) is 9.04. The molecule has 0 aliphatic heterocycles. The lowest BCUT2D eigenvalue weighted by atomic mass is 10.1. The summed E-state index contributed by atoms with van der Waals surface area (Å²) in [5, 5.41) is 4.30. The number of primary amides is 1. The van der Waals surface area contributed by atoms with Crippen molar-refractivity contribution >= 4 is 44.1 Å². The van der Waals surface area contributed by atoms with Gasteiger partial charge in [0.2, 0.25) is 10.0 Å². The molecule has 30 heavy (non-hydrogen) atoms. The predicted molar refractivity (Wildman–Crippen MR) is 113 cm³/mol. The Morgan fingerprint density at radius 2 is 1.83 bits per heavy atom. The Hall–Kier alpha value is -2.76. The van der Waals surface area contributed by atoms with E-state index in [1.807, 2.05) is 0 Å². The molecule has 0 saturated carbocycles. The Bertz CT molecular complexity index is 1060. The average molecular weight is 454 g/mol. The highest BCUT2D eigenvalue weighted by atomic mass is 32.2. The van der Waals surface area contributed by atoms with E-state index in [-0.39, 0.29) is 21.0 Å². The number of nitrogens with zero attached hydrogens (tertiary/aromatic N) is 1. The van der Waals surface area contributed by atoms with Gasteiger partial charge in [-0.3, -0.25) is 9.59 Å². The van der Waals surface area contributed by atoms with Crippen molar-refractivity contribution in [3.05, 3.63) is 46.3 Å². The van der Waals surface area contributed by atoms with E-state index in [1.165, 1.54) is 28.6 Å². The number of esters is 1. The largest absolute Gasteiger partial charge is 0.452 e. The van der Waals surface area contributed by atoms with Crippen molar-refractivity contribution < 1.29 is 27.5 Å². The van der Waals surface area contributed by atoms with Crippen LogP contribution in [0.2, 0.25) is 0 Å². The number of carbonyl (C=O) groups excluding carboxylic acids is 3. The van der Waals surface area contributed by atoms with Gasteiger partial charge in [-0.1, -0.05) is 19.9 Å². The number of thiophene rings is 1. The minimum Gasteiger partial charge on any atom is -0.452 e. The summed E-state index contributed by atoms with van der Waals surface area (Å²) in [6.45, 7) is 5.07. The van der Waals surface area contributed by atoms with Gasteiger partial charge in [-0.05, 0) is 36.1 Å². The van der Waals surface area contributed by atoms with E-state index in [0.717, 1.165) is 11.3 Å². The molecular weight excluding hydrogens is 430 g/mol. The monoisotopic (exact) mass is 453 g/mol. The molecule has 0 saturated heterocycles. The SMILES string of the molecule is CCN(CC)S(=O)(=O)c1cc(C(=O)OCC(=O)Nc2sccc2C(N)=O)ccc1C. The molecule has 0 fully saturated rings. The van der Waals surface area contributed by atoms with Crippen LogP contribution in [-0.2, 0) is 19.6 Å². The van der Waals surface area contributed by atoms with E-state index in [4.69, 9.17) is 10.5 Å². The lowest BCUT2D eigenvalue weighted by Gasteiger charge is -2.20. The number of amides is 2. The van der Waals surface area contributed by atoms with Gasteiger partial charge in [0.25, 0.3) is 11.8 Å². The van der Waals surface area contributed by atoms with Crippen LogP contribution in [0.4, 0.5) is 5.00 Å². The zero-order valence-electron chi connectivity index (χ0n) is 16.8. The topological polar surface area (TPSA) is 136 Å². The van der Waals surface area contributed by atoms with Crippen LogP contribution >= 0.6 is 11.3 Å². The molecule has 0 radical (unpaired) electrons. The molecule has 1 heterocycles. The third kappa shape index (κ3) is 5.23. The van der Waals surface area contributed by atoms with Crippen molar-refractivity contribution in [1.82, 2.24) is 4.31 Å². The molecule has 2 amide bonds. The Labute approximate surface area is 178 Å². The van der Waals surface area contributed by atoms with Crippen LogP contribution in [-0.4, -0.2) is 50.2 Å². The van der Waals surface area contributed by atoms with Crippen molar-refractivity contribution in [2.75, 3.05) is 25.0 Å². The lowest BCUT2D eigenvalue weighted by Crippen LogP contribution is -2.31. The van der Waals surface area contributed by atoms with Gasteiger partial charge in [0.15, 0.2) is 6.61 Å². The second kappa shape index (κ2) is 9.83. The van der Waals surface area contributed by atoms with E-state index in [9.17, 15) is 22.8 Å². The molecule has 11 heteroatoms. The highest BCUT2D eigenvalue weighted by Crippen LogP contribution is 2.23. The minimum absolute atomic E-state index is 0.00748. The highest BCUT2D eigenvalue weighted by molar-refractivity contribution is 7.89. The maximum atomic E-state index is 12.8. The molecule has 1 aromatic heterocycles. The maximum Gasteiger partial charge on any atom is 0.338 e. The highest BCUT2D eigenvalue weighted by Gasteiger charge is 2.25. The number of aryl methyl sites for hydroxylation is 1. The van der Waals surface area contributed by atoms with E-state index in [0.29, 0.717) is 18.7 Å². The van der Waals surface area contributed by atoms with Gasteiger partial charge < -0.3 is 15.8 Å². The fourth-order valence-electron chi connectivity index (χ4n) is 2.68. The summed E-state index contributed by atoms with van der Waals surface area (Å²) >= 11 is 1.11. The van der Waals surface area contributed by atoms with Crippen LogP contribution in [0.15, 0.2) is 34.5 Å². The van der Waals surface area contributed by atoms with Crippen LogP contribution in [0.3, 0.4) is 0 Å². The Kier molecular flexibility index (Phi) is 7.71. The number of anilines is 1. The standard InChI is InChI=1S/C19H23N3O6S2/c1-4-22(5-2)30(26,27)15-10-13(7-6-12(15)3)19(25)28-11-16(23)21-18-14(17(20)24)8-9-29-18/h6-10H,4-5,11H2,1-3H3,(H2,20,24)(H,21,23). The summed E-state index contributed by atoms with van der Waals surface area (Å²) in [4.78, 5) is 35.7. The zero-order chi connectivity index (χ0) is 22.5. The molecule has 1 aromatic carbocycles. The zero-order valence-corrected chi connectivity index (χ0v) is 18.4. The Morgan fingerprint density at radius 1 is 1.17 bits per heavy atom. The van der Waals surface area contributed by atoms with Crippen molar-refractivity contribution in [2.24, 2.45) is 5.73 Å². The first-order valence-electron chi connectivity index (χ1n) is 9.06. The molecule has 0 bridgehead atoms. The molecular formula is C19H23N3O6S2. The molecule has 0 atom stereocenters. The second-order valence-electron chi connectivity index (χ2n) is 6.22. The molecule has 0 unspecified atom stereocenters. The van der Waals surface area contributed by atoms with E-state index in [2.05, 4.69) is 5.32 Å². The summed E-state index contributed by atoms with van der Waals surface area (Å²) in [5.41, 5.74) is 5.87. The first-order valence-corrected chi connectivity index (χ1v) is 11.4. The molecule has 2 rings (SSSR count). The van der Waals surface area contributed by atoms with Gasteiger partial charge in [0, 0.05) is 13.1 Å². The predicted octanol–water partition coefficient (Wildman–Crippen LogP) is 1.98. The van der Waals surface area contributed by atoms with Gasteiger partial charge in [-0.25, -0.2) is 13.2 Å². The number of carbonyl (C=O) groups is 3. The Balaban J connectivity index is 2.11. The van der Waals surface area contributed by atoms with Gasteiger partial charge in [-0.2, -0.15) is 4.31 Å². The van der Waals surface area contributed by atoms with Crippen LogP contribution in [0.25, 0.3) is 0 Å². The third-order valence-electron chi connectivity index (χ3n) is 4.27. The minimum atomic E-state index is -3.76. The van der Waals surface area contributed by atoms with E-state index in [1.54, 1.807) is 26.2 Å². The van der Waals surface area contributed by atoms with Crippen LogP contribution in [0.5, 0.6) is 0 Å². The molecule has 3 N–H and O–H groups in total. The van der Waals surface area contributed by atoms with E-state index < -0.39 is 34.4 Å². The number of hydrogen-bond donors (Lipinski definition) is 2. The van der Waals surface area contributed by atoms with Crippen molar-refractivity contribution in [3.8, 4) is 0 Å². The number of ether oxygens (including phenoxy) is 1. The Morgan fingerprint density at radius 3 is 2.43 bits per heavy atom. The lowest BCUT2D eigenvalue weighted by molar-refractivity contribution is -0.119. The normalized spacial score (nSPS) is 11.3. The first kappa shape index (κ1) is 23.5. The van der Waals surface area contributed by atoms with Crippen molar-refractivity contribution in [2.45, 2.75) is 25.7 Å². The molecule has 0 aliphatic carbocycles. The summed E-state index contributed by atoms with van der Waals surface area (Å²) in [5.74, 6) is -2.19. The van der Waals surface area contributed by atoms with Gasteiger partial charge in [0.1, 0.15) is 5.00 Å². The smallest absolute Gasteiger partial charge is 0.338 e. The van der Waals surface area contributed by atoms with Crippen LogP contribution in [0.1, 0.15) is 40.1 Å². The fourth-order valence-corrected chi connectivity index (χ4v) is 5.20. The molecule has 2 aromatic rings. The van der Waals surface area contributed by atoms with E-state index >= 15 is 0 Å². The maximum absolute atomic E-state index is 12.8. The van der Waals surface area contributed by atoms with Gasteiger partial charge in [0.05, 0.1) is 16.0 Å². The number of benzene rings is 1. The molecule has 0 spiro atoms. The van der Waals surface area contributed by atoms with Crippen molar-refractivity contribution in [1.29, 1.82) is 0 Å². The number of hydrogen-bond acceptors (Lipinski definition) is 7. The number of rotatable bonds is 9. The number of sulfonamides is 1. The van der Waals surface area contributed by atoms with Gasteiger partial charge in [-0.15, -0.1) is 11.3 Å². The van der Waals surface area contributed by atoms with Crippen LogP contribution in [0, 0.1) is 6.92 Å². The molecule has 0 aliphatic rings. The number of nitrogens with two attached hydrogens (primary N) is 1. The molecule has 162 valence electrons. The summed E-state index contributed by atoms with van der Waals surface area (Å²) in [7, 11) is -3.76. The van der Waals surface area contributed by atoms with Crippen LogP contribution < -0.4 is 11.1 Å². The van der Waals surface area contributed by atoms with Crippen molar-refractivity contribution in [3.63, 3.8) is 0 Å². The summed E-state index contributed by atoms with van der Waals surface area (Å²) in [6, 6.07) is 5.66. The quantitative estimate of drug-likeness (QED) is 0.557. The number of nitrogens with one attached hydrogen (secondary N) is 1. The summed E-state index contributed by atoms with van der Waals surface area (Å²) in [6.07, 6.45) is 0.